The highest BCUT2D eigenvalue weighted by Crippen LogP contribution is 2.64. The molecule has 2 N–H and O–H groups in total. The number of hydrogen-bond donors (Lipinski definition) is 2. The molecular formula is C40H48O10. The van der Waals surface area contributed by atoms with E-state index in [4.69, 9.17) is 14.2 Å². The quantitative estimate of drug-likeness (QED) is 0.315. The molecule has 2 saturated carbocycles. The van der Waals surface area contributed by atoms with Crippen molar-refractivity contribution in [1.82, 2.24) is 0 Å². The Morgan fingerprint density at radius 1 is 0.760 bits per heavy atom. The van der Waals surface area contributed by atoms with Crippen LogP contribution in [0.5, 0.6) is 0 Å². The first-order valence-electron chi connectivity index (χ1n) is 17.9. The van der Waals surface area contributed by atoms with E-state index in [0.29, 0.717) is 53.5 Å². The summed E-state index contributed by atoms with van der Waals surface area (Å²) in [6.45, 7) is 18.5. The number of hydrogen-bond acceptors (Lipinski definition) is 10. The summed E-state index contributed by atoms with van der Waals surface area (Å²) in [6.07, 6.45) is 1.03. The van der Waals surface area contributed by atoms with Crippen molar-refractivity contribution in [3.05, 3.63) is 58.9 Å². The lowest BCUT2D eigenvalue weighted by Crippen LogP contribution is -2.61. The predicted octanol–water partition coefficient (Wildman–Crippen LogP) is 4.44. The van der Waals surface area contributed by atoms with Crippen LogP contribution in [0.2, 0.25) is 0 Å². The molecule has 6 bridgehead atoms. The lowest BCUT2D eigenvalue weighted by Gasteiger charge is -2.48. The highest BCUT2D eigenvalue weighted by Gasteiger charge is 2.70. The summed E-state index contributed by atoms with van der Waals surface area (Å²) >= 11 is 0. The van der Waals surface area contributed by atoms with Gasteiger partial charge >= 0.3 is 11.9 Å². The van der Waals surface area contributed by atoms with Gasteiger partial charge in [-0.15, -0.1) is 0 Å². The average Bonchev–Trinajstić information content (AvgIpc) is 3.83. The van der Waals surface area contributed by atoms with Crippen LogP contribution in [0.1, 0.15) is 80.1 Å². The molecule has 0 aromatic rings. The molecule has 10 nitrogen and oxygen atoms in total. The highest BCUT2D eigenvalue weighted by atomic mass is 16.6. The molecule has 7 rings (SSSR count). The molecule has 3 heterocycles. The van der Waals surface area contributed by atoms with Crippen molar-refractivity contribution < 1.29 is 48.4 Å². The molecule has 0 aromatic carbocycles. The molecule has 0 saturated heterocycles. The number of ether oxygens (including phenoxy) is 3. The van der Waals surface area contributed by atoms with Crippen LogP contribution in [0.3, 0.4) is 0 Å². The Morgan fingerprint density at radius 2 is 1.22 bits per heavy atom. The van der Waals surface area contributed by atoms with Crippen LogP contribution in [0.4, 0.5) is 0 Å². The average molecular weight is 689 g/mol. The molecule has 50 heavy (non-hydrogen) atoms. The monoisotopic (exact) mass is 688 g/mol. The summed E-state index contributed by atoms with van der Waals surface area (Å²) in [5.74, 6) is -7.64. The van der Waals surface area contributed by atoms with E-state index >= 15 is 9.59 Å². The smallest absolute Gasteiger partial charge is 0.334 e. The molecule has 2 fully saturated rings. The summed E-state index contributed by atoms with van der Waals surface area (Å²) in [5.41, 5.74) is -1.16. The Labute approximate surface area is 292 Å². The van der Waals surface area contributed by atoms with Crippen LogP contribution in [-0.2, 0) is 38.2 Å². The van der Waals surface area contributed by atoms with Crippen molar-refractivity contribution in [1.29, 1.82) is 0 Å². The molecule has 0 amide bonds. The van der Waals surface area contributed by atoms with Gasteiger partial charge in [0.1, 0.15) is 41.7 Å². The summed E-state index contributed by atoms with van der Waals surface area (Å²) in [6, 6.07) is 0. The van der Waals surface area contributed by atoms with Crippen molar-refractivity contribution in [3.8, 4) is 0 Å². The number of rotatable bonds is 2. The van der Waals surface area contributed by atoms with Gasteiger partial charge in [0.25, 0.3) is 0 Å². The number of esters is 2. The first kappa shape index (κ1) is 34.8. The second-order valence-corrected chi connectivity index (χ2v) is 16.8. The Balaban J connectivity index is 1.41. The van der Waals surface area contributed by atoms with Gasteiger partial charge in [-0.25, -0.2) is 9.59 Å². The van der Waals surface area contributed by atoms with Gasteiger partial charge in [-0.05, 0) is 83.9 Å². The number of allylic oxidation sites excluding steroid dienone is 1. The lowest BCUT2D eigenvalue weighted by atomic mass is 9.63. The first-order valence-corrected chi connectivity index (χ1v) is 17.9. The molecule has 0 spiro atoms. The van der Waals surface area contributed by atoms with Crippen molar-refractivity contribution in [2.75, 3.05) is 0 Å². The first-order chi connectivity index (χ1) is 23.3. The van der Waals surface area contributed by atoms with E-state index in [1.165, 1.54) is 6.92 Å². The third kappa shape index (κ3) is 4.99. The number of aliphatic hydroxyl groups is 2. The predicted molar refractivity (Wildman–Crippen MR) is 180 cm³/mol. The van der Waals surface area contributed by atoms with Gasteiger partial charge in [0.15, 0.2) is 5.60 Å². The van der Waals surface area contributed by atoms with Gasteiger partial charge in [-0.1, -0.05) is 38.2 Å². The summed E-state index contributed by atoms with van der Waals surface area (Å²) < 4.78 is 18.3. The standard InChI is InChI=1S/C40H48O10/c1-17(2)22-11-9-20-13-26(48-36(20)46)38(6)15-24(38)32(43)28-19(5)34(30(22)41)50-40(8)29(28)33(44)25-16-39(25,7)27-14-21(37(47)49-27)10-12-23(18(3)4)31(42)35(40)45/h13-14,22-31,41-42H,1,3,9-12,15-16H2,2,4-8H3/t22-,23-,24-,25-,26?,27+,28-,29-,30-,31+,38+,39+,40-/m0/s1. The zero-order valence-corrected chi connectivity index (χ0v) is 29.7. The Morgan fingerprint density at radius 3 is 1.70 bits per heavy atom. The zero-order chi connectivity index (χ0) is 36.4. The van der Waals surface area contributed by atoms with Crippen LogP contribution in [0.25, 0.3) is 0 Å². The number of carbonyl (C=O) groups excluding carboxylic acids is 5. The van der Waals surface area contributed by atoms with Crippen molar-refractivity contribution in [2.24, 2.45) is 46.3 Å². The molecule has 3 aliphatic heterocycles. The van der Waals surface area contributed by atoms with Gasteiger partial charge in [0, 0.05) is 45.6 Å². The molecule has 4 aliphatic carbocycles. The fourth-order valence-corrected chi connectivity index (χ4v) is 9.68. The number of carbonyl (C=O) groups is 5. The molecule has 10 heteroatoms. The second kappa shape index (κ2) is 11.4. The number of aliphatic hydroxyl groups excluding tert-OH is 2. The van der Waals surface area contributed by atoms with E-state index < -0.39 is 94.1 Å². The Bertz CT molecular complexity index is 1750. The summed E-state index contributed by atoms with van der Waals surface area (Å²) in [5, 5.41) is 24.0. The van der Waals surface area contributed by atoms with E-state index in [2.05, 4.69) is 13.2 Å². The van der Waals surface area contributed by atoms with Crippen molar-refractivity contribution >= 4 is 29.3 Å². The third-order valence-electron chi connectivity index (χ3n) is 13.5. The van der Waals surface area contributed by atoms with Crippen molar-refractivity contribution in [3.63, 3.8) is 0 Å². The van der Waals surface area contributed by atoms with Gasteiger partial charge in [0.05, 0.1) is 11.8 Å². The topological polar surface area (TPSA) is 154 Å². The van der Waals surface area contributed by atoms with E-state index in [1.54, 1.807) is 32.9 Å². The lowest BCUT2D eigenvalue weighted by molar-refractivity contribution is -0.172. The van der Waals surface area contributed by atoms with Crippen LogP contribution in [0.15, 0.2) is 58.9 Å². The molecule has 1 unspecified atom stereocenters. The molecule has 268 valence electrons. The number of Topliss-reactive ketones (excluding diaryl/α,β-unsaturated/α-hetero) is 3. The fourth-order valence-electron chi connectivity index (χ4n) is 9.68. The maximum Gasteiger partial charge on any atom is 0.334 e. The molecular weight excluding hydrogens is 640 g/mol. The van der Waals surface area contributed by atoms with Gasteiger partial charge in [0.2, 0.25) is 5.78 Å². The highest BCUT2D eigenvalue weighted by molar-refractivity contribution is 6.04. The van der Waals surface area contributed by atoms with Crippen molar-refractivity contribution in [2.45, 2.75) is 110 Å². The maximum atomic E-state index is 15.1. The fraction of sp³-hybridized carbons (Fsp3) is 0.625. The number of ketones is 3. The Hall–Kier alpha value is -3.63. The SMILES string of the molecule is C=C(C)[C@@H]1CCC2=CC(OC2=O)[C@]2(C)C[C@H]2C(=O)[C@H]2C(C)=C(O[C@]3(C)C(=O)[C@H](O)[C@H](C(=C)C)CCC4=C[C@@H](OC4=O)[C@]4(C)C[C@H]4C(=O)[C@H]23)[C@H]1O. The minimum Gasteiger partial charge on any atom is -0.480 e. The molecule has 7 aliphatic rings. The van der Waals surface area contributed by atoms with Crippen LogP contribution >= 0.6 is 0 Å². The van der Waals surface area contributed by atoms with Crippen LogP contribution in [-0.4, -0.2) is 69.5 Å². The van der Waals surface area contributed by atoms with E-state index in [0.717, 1.165) is 0 Å². The van der Waals surface area contributed by atoms with E-state index in [1.807, 2.05) is 13.8 Å². The third-order valence-corrected chi connectivity index (χ3v) is 13.5. The minimum atomic E-state index is -2.05. The molecule has 0 aromatic heterocycles. The second-order valence-electron chi connectivity index (χ2n) is 16.8. The van der Waals surface area contributed by atoms with Crippen LogP contribution < -0.4 is 0 Å². The zero-order valence-electron chi connectivity index (χ0n) is 29.7. The molecule has 13 atom stereocenters. The summed E-state index contributed by atoms with van der Waals surface area (Å²) in [4.78, 5) is 70.9. The van der Waals surface area contributed by atoms with E-state index in [9.17, 15) is 24.6 Å². The van der Waals surface area contributed by atoms with Crippen LogP contribution in [0, 0.1) is 46.3 Å². The van der Waals surface area contributed by atoms with Gasteiger partial charge < -0.3 is 24.4 Å². The summed E-state index contributed by atoms with van der Waals surface area (Å²) in [7, 11) is 0. The van der Waals surface area contributed by atoms with Gasteiger partial charge in [-0.3, -0.25) is 14.4 Å². The normalized spacial score (nSPS) is 45.6. The minimum absolute atomic E-state index is 0.0124. The Kier molecular flexibility index (Phi) is 7.96. The number of fused-ring (bicyclic) bond motifs is 9. The van der Waals surface area contributed by atoms with Gasteiger partial charge in [-0.2, -0.15) is 0 Å². The largest absolute Gasteiger partial charge is 0.480 e. The van der Waals surface area contributed by atoms with E-state index in [-0.39, 0.29) is 30.2 Å². The molecule has 0 radical (unpaired) electrons. The maximum absolute atomic E-state index is 15.1.